The van der Waals surface area contributed by atoms with Crippen molar-refractivity contribution in [1.82, 2.24) is 14.9 Å². The van der Waals surface area contributed by atoms with Gasteiger partial charge in [0.15, 0.2) is 0 Å². The molecule has 7 nitrogen and oxygen atoms in total. The number of H-pyrrole nitrogens is 1. The maximum absolute atomic E-state index is 13.0. The first-order chi connectivity index (χ1) is 12.6. The summed E-state index contributed by atoms with van der Waals surface area (Å²) in [5.74, 6) is 0.726. The minimum Gasteiger partial charge on any atom is -0.351 e. The summed E-state index contributed by atoms with van der Waals surface area (Å²) < 4.78 is 0. The number of anilines is 1. The second-order valence-electron chi connectivity index (χ2n) is 6.37. The molecule has 26 heavy (non-hydrogen) atoms. The summed E-state index contributed by atoms with van der Waals surface area (Å²) in [5.41, 5.74) is 8.03. The van der Waals surface area contributed by atoms with Gasteiger partial charge in [-0.05, 0) is 43.2 Å². The molecule has 0 aliphatic carbocycles. The van der Waals surface area contributed by atoms with Crippen LogP contribution in [0.15, 0.2) is 48.5 Å². The van der Waals surface area contributed by atoms with E-state index in [0.29, 0.717) is 17.8 Å². The van der Waals surface area contributed by atoms with E-state index >= 15 is 0 Å². The van der Waals surface area contributed by atoms with E-state index in [1.165, 1.54) is 0 Å². The highest BCUT2D eigenvalue weighted by Crippen LogP contribution is 2.32. The number of nitrogens with zero attached hydrogens (tertiary/aromatic N) is 2. The number of fused-ring (bicyclic) bond motifs is 1. The highest BCUT2D eigenvalue weighted by atomic mass is 16.2. The fraction of sp³-hybridized carbons (Fsp3) is 0.211. The lowest BCUT2D eigenvalue weighted by atomic mass is 10.1. The summed E-state index contributed by atoms with van der Waals surface area (Å²) in [6, 6.07) is 13.9. The molecule has 0 unspecified atom stereocenters. The predicted molar refractivity (Wildman–Crippen MR) is 98.8 cm³/mol. The SMILES string of the molecule is NC(=O)Nc1cccc(C(=O)N2CCC[C@H]2c2nc3ccccc3[nH]2)c1. The van der Waals surface area contributed by atoms with Crippen LogP contribution in [0, 0.1) is 0 Å². The van der Waals surface area contributed by atoms with Gasteiger partial charge in [0.2, 0.25) is 0 Å². The third kappa shape index (κ3) is 2.99. The van der Waals surface area contributed by atoms with Gasteiger partial charge in [-0.1, -0.05) is 18.2 Å². The van der Waals surface area contributed by atoms with Gasteiger partial charge in [0.25, 0.3) is 5.91 Å². The molecule has 1 aliphatic heterocycles. The van der Waals surface area contributed by atoms with Crippen LogP contribution in [0.25, 0.3) is 11.0 Å². The first-order valence-electron chi connectivity index (χ1n) is 8.54. The van der Waals surface area contributed by atoms with Crippen LogP contribution < -0.4 is 11.1 Å². The Morgan fingerprint density at radius 2 is 2.04 bits per heavy atom. The molecule has 1 aromatic heterocycles. The molecular weight excluding hydrogens is 330 g/mol. The number of hydrogen-bond acceptors (Lipinski definition) is 3. The average molecular weight is 349 g/mol. The maximum atomic E-state index is 13.0. The minimum atomic E-state index is -0.657. The lowest BCUT2D eigenvalue weighted by molar-refractivity contribution is 0.0730. The molecule has 4 rings (SSSR count). The number of nitrogens with two attached hydrogens (primary N) is 1. The van der Waals surface area contributed by atoms with Gasteiger partial charge in [-0.25, -0.2) is 9.78 Å². The van der Waals surface area contributed by atoms with Gasteiger partial charge in [-0.15, -0.1) is 0 Å². The van der Waals surface area contributed by atoms with E-state index < -0.39 is 6.03 Å². The summed E-state index contributed by atoms with van der Waals surface area (Å²) in [6.45, 7) is 0.675. The molecule has 0 spiro atoms. The van der Waals surface area contributed by atoms with Gasteiger partial charge in [-0.2, -0.15) is 0 Å². The van der Waals surface area contributed by atoms with Crippen molar-refractivity contribution in [3.05, 3.63) is 59.9 Å². The third-order valence-corrected chi connectivity index (χ3v) is 4.61. The Morgan fingerprint density at radius 3 is 2.85 bits per heavy atom. The minimum absolute atomic E-state index is 0.0809. The molecule has 3 amide bonds. The largest absolute Gasteiger partial charge is 0.351 e. The van der Waals surface area contributed by atoms with Crippen molar-refractivity contribution in [3.8, 4) is 0 Å². The van der Waals surface area contributed by atoms with E-state index in [1.807, 2.05) is 29.2 Å². The Bertz CT molecular complexity index is 948. The lowest BCUT2D eigenvalue weighted by Crippen LogP contribution is -2.31. The molecule has 2 aromatic carbocycles. The molecule has 1 saturated heterocycles. The Morgan fingerprint density at radius 1 is 1.19 bits per heavy atom. The second-order valence-corrected chi connectivity index (χ2v) is 6.37. The topological polar surface area (TPSA) is 104 Å². The average Bonchev–Trinajstić information content (AvgIpc) is 3.27. The number of aromatic amines is 1. The zero-order valence-corrected chi connectivity index (χ0v) is 14.1. The number of amides is 3. The van der Waals surface area contributed by atoms with Crippen molar-refractivity contribution in [2.75, 3.05) is 11.9 Å². The molecular formula is C19H19N5O2. The molecule has 4 N–H and O–H groups in total. The number of aromatic nitrogens is 2. The molecule has 132 valence electrons. The highest BCUT2D eigenvalue weighted by molar-refractivity contribution is 5.97. The molecule has 2 heterocycles. The van der Waals surface area contributed by atoms with E-state index in [1.54, 1.807) is 24.3 Å². The first-order valence-corrected chi connectivity index (χ1v) is 8.54. The smallest absolute Gasteiger partial charge is 0.316 e. The fourth-order valence-corrected chi connectivity index (χ4v) is 3.46. The van der Waals surface area contributed by atoms with Crippen LogP contribution in [0.2, 0.25) is 0 Å². The zero-order valence-electron chi connectivity index (χ0n) is 14.1. The van der Waals surface area contributed by atoms with Crippen molar-refractivity contribution in [3.63, 3.8) is 0 Å². The third-order valence-electron chi connectivity index (χ3n) is 4.61. The van der Waals surface area contributed by atoms with Gasteiger partial charge in [0.1, 0.15) is 5.82 Å². The van der Waals surface area contributed by atoms with Crippen LogP contribution in [0.1, 0.15) is 35.1 Å². The molecule has 1 fully saturated rings. The number of nitrogens with one attached hydrogen (secondary N) is 2. The molecule has 3 aromatic rings. The number of carbonyl (C=O) groups is 2. The normalized spacial score (nSPS) is 16.8. The van der Waals surface area contributed by atoms with Gasteiger partial charge >= 0.3 is 6.03 Å². The molecule has 0 radical (unpaired) electrons. The maximum Gasteiger partial charge on any atom is 0.316 e. The summed E-state index contributed by atoms with van der Waals surface area (Å²) in [5, 5.41) is 2.50. The molecule has 1 aliphatic rings. The van der Waals surface area contributed by atoms with Gasteiger partial charge in [0, 0.05) is 17.8 Å². The van der Waals surface area contributed by atoms with Crippen molar-refractivity contribution in [1.29, 1.82) is 0 Å². The number of likely N-dealkylation sites (tertiary alicyclic amines) is 1. The fourth-order valence-electron chi connectivity index (χ4n) is 3.46. The Kier molecular flexibility index (Phi) is 4.04. The molecule has 0 bridgehead atoms. The van der Waals surface area contributed by atoms with Crippen molar-refractivity contribution in [2.24, 2.45) is 5.73 Å². The predicted octanol–water partition coefficient (Wildman–Crippen LogP) is 3.03. The van der Waals surface area contributed by atoms with Crippen LogP contribution in [0.4, 0.5) is 10.5 Å². The van der Waals surface area contributed by atoms with Gasteiger partial charge < -0.3 is 20.9 Å². The van der Waals surface area contributed by atoms with E-state index in [4.69, 9.17) is 5.73 Å². The number of primary amides is 1. The quantitative estimate of drug-likeness (QED) is 0.677. The number of rotatable bonds is 3. The number of urea groups is 1. The van der Waals surface area contributed by atoms with Crippen molar-refractivity contribution < 1.29 is 9.59 Å². The van der Waals surface area contributed by atoms with Crippen LogP contribution in [-0.4, -0.2) is 33.4 Å². The van der Waals surface area contributed by atoms with Crippen LogP contribution in [0.3, 0.4) is 0 Å². The van der Waals surface area contributed by atoms with Crippen LogP contribution in [-0.2, 0) is 0 Å². The van der Waals surface area contributed by atoms with E-state index in [-0.39, 0.29) is 11.9 Å². The summed E-state index contributed by atoms with van der Waals surface area (Å²) in [4.78, 5) is 33.9. The highest BCUT2D eigenvalue weighted by Gasteiger charge is 2.32. The molecule has 7 heteroatoms. The first kappa shape index (κ1) is 16.1. The van der Waals surface area contributed by atoms with Gasteiger partial charge in [-0.3, -0.25) is 4.79 Å². The molecule has 1 atom stereocenters. The zero-order chi connectivity index (χ0) is 18.1. The van der Waals surface area contributed by atoms with E-state index in [9.17, 15) is 9.59 Å². The Balaban J connectivity index is 1.61. The Labute approximate surface area is 150 Å². The van der Waals surface area contributed by atoms with E-state index in [0.717, 1.165) is 29.7 Å². The monoisotopic (exact) mass is 349 g/mol. The lowest BCUT2D eigenvalue weighted by Gasteiger charge is -2.23. The number of hydrogen-bond donors (Lipinski definition) is 3. The summed E-state index contributed by atoms with van der Waals surface area (Å²) in [6.07, 6.45) is 1.79. The number of benzene rings is 2. The van der Waals surface area contributed by atoms with Crippen LogP contribution >= 0.6 is 0 Å². The van der Waals surface area contributed by atoms with E-state index in [2.05, 4.69) is 15.3 Å². The Hall–Kier alpha value is -3.35. The van der Waals surface area contributed by atoms with Gasteiger partial charge in [0.05, 0.1) is 17.1 Å². The number of para-hydroxylation sites is 2. The van der Waals surface area contributed by atoms with Crippen molar-refractivity contribution in [2.45, 2.75) is 18.9 Å². The van der Waals surface area contributed by atoms with Crippen LogP contribution in [0.5, 0.6) is 0 Å². The standard InChI is InChI=1S/C19H19N5O2/c20-19(26)21-13-6-3-5-12(11-13)18(25)24-10-4-9-16(24)17-22-14-7-1-2-8-15(14)23-17/h1-3,5-8,11,16H,4,9-10H2,(H,22,23)(H3,20,21,26)/t16-/m0/s1. The summed E-state index contributed by atoms with van der Waals surface area (Å²) >= 11 is 0. The molecule has 0 saturated carbocycles. The second kappa shape index (κ2) is 6.51. The summed E-state index contributed by atoms with van der Waals surface area (Å²) in [7, 11) is 0. The van der Waals surface area contributed by atoms with Crippen molar-refractivity contribution >= 4 is 28.7 Å². The number of carbonyl (C=O) groups excluding carboxylic acids is 2. The number of imidazole rings is 1.